The number of carbonyl (C=O) groups is 1. The second-order valence-corrected chi connectivity index (χ2v) is 9.13. The second-order valence-electron chi connectivity index (χ2n) is 9.13. The van der Waals surface area contributed by atoms with Crippen LogP contribution in [0.25, 0.3) is 22.2 Å². The minimum atomic E-state index is -0.0709. The number of aromatic nitrogens is 1. The second kappa shape index (κ2) is 10.9. The van der Waals surface area contributed by atoms with E-state index >= 15 is 0 Å². The van der Waals surface area contributed by atoms with Crippen LogP contribution in [-0.4, -0.2) is 55.7 Å². The first-order chi connectivity index (χ1) is 16.5. The van der Waals surface area contributed by atoms with Crippen molar-refractivity contribution in [3.8, 4) is 22.8 Å². The Morgan fingerprint density at radius 2 is 1.97 bits per heavy atom. The molecule has 0 aliphatic carbocycles. The highest BCUT2D eigenvalue weighted by atomic mass is 16.5. The zero-order valence-electron chi connectivity index (χ0n) is 20.7. The molecule has 1 aromatic heterocycles. The minimum Gasteiger partial charge on any atom is -0.497 e. The van der Waals surface area contributed by atoms with E-state index < -0.39 is 0 Å². The van der Waals surface area contributed by atoms with Crippen LogP contribution >= 0.6 is 0 Å². The van der Waals surface area contributed by atoms with E-state index in [1.54, 1.807) is 14.2 Å². The van der Waals surface area contributed by atoms with Gasteiger partial charge in [0.15, 0.2) is 0 Å². The molecule has 4 rings (SSSR count). The minimum absolute atomic E-state index is 0.0709. The summed E-state index contributed by atoms with van der Waals surface area (Å²) < 4.78 is 10.9. The van der Waals surface area contributed by atoms with Crippen molar-refractivity contribution in [1.82, 2.24) is 15.2 Å². The van der Waals surface area contributed by atoms with Gasteiger partial charge in [-0.2, -0.15) is 0 Å². The van der Waals surface area contributed by atoms with Crippen molar-refractivity contribution in [2.24, 2.45) is 0 Å². The van der Waals surface area contributed by atoms with Crippen LogP contribution in [0.5, 0.6) is 11.5 Å². The van der Waals surface area contributed by atoms with E-state index in [-0.39, 0.29) is 5.91 Å². The van der Waals surface area contributed by atoms with Crippen LogP contribution in [-0.2, 0) is 0 Å². The average Bonchev–Trinajstić information content (AvgIpc) is 2.86. The van der Waals surface area contributed by atoms with E-state index in [1.807, 2.05) is 49.4 Å². The maximum absolute atomic E-state index is 13.3. The van der Waals surface area contributed by atoms with Crippen molar-refractivity contribution in [3.05, 3.63) is 53.6 Å². The number of nitrogens with one attached hydrogen (secondary N) is 1. The molecule has 1 N–H and O–H groups in total. The summed E-state index contributed by atoms with van der Waals surface area (Å²) in [6.07, 6.45) is 4.81. The number of rotatable bonds is 8. The van der Waals surface area contributed by atoms with Gasteiger partial charge in [0.2, 0.25) is 0 Å². The number of piperidine rings is 1. The van der Waals surface area contributed by atoms with E-state index in [0.717, 1.165) is 41.5 Å². The van der Waals surface area contributed by atoms with Gasteiger partial charge >= 0.3 is 0 Å². The monoisotopic (exact) mass is 461 g/mol. The number of nitrogens with zero attached hydrogens (tertiary/aromatic N) is 2. The molecule has 1 saturated heterocycles. The van der Waals surface area contributed by atoms with Crippen molar-refractivity contribution in [1.29, 1.82) is 0 Å². The molecule has 0 spiro atoms. The molecule has 0 bridgehead atoms. The number of hydrogen-bond donors (Lipinski definition) is 1. The Hall–Kier alpha value is -3.12. The maximum Gasteiger partial charge on any atom is 0.252 e. The maximum atomic E-state index is 13.3. The number of ether oxygens (including phenoxy) is 2. The Bertz CT molecular complexity index is 1160. The molecule has 34 heavy (non-hydrogen) atoms. The van der Waals surface area contributed by atoms with Crippen molar-refractivity contribution < 1.29 is 14.3 Å². The highest BCUT2D eigenvalue weighted by Crippen LogP contribution is 2.34. The van der Waals surface area contributed by atoms with Gasteiger partial charge in [-0.15, -0.1) is 0 Å². The molecule has 0 radical (unpaired) electrons. The van der Waals surface area contributed by atoms with Crippen LogP contribution in [0.1, 0.15) is 48.5 Å². The van der Waals surface area contributed by atoms with Gasteiger partial charge in [-0.05, 0) is 70.0 Å². The Morgan fingerprint density at radius 3 is 2.74 bits per heavy atom. The lowest BCUT2D eigenvalue weighted by Gasteiger charge is -2.33. The van der Waals surface area contributed by atoms with Gasteiger partial charge in [0.1, 0.15) is 11.5 Å². The van der Waals surface area contributed by atoms with E-state index in [9.17, 15) is 4.79 Å². The number of fused-ring (bicyclic) bond motifs is 1. The molecule has 1 unspecified atom stereocenters. The fraction of sp³-hybridized carbons (Fsp3) is 0.429. The summed E-state index contributed by atoms with van der Waals surface area (Å²) in [6.45, 7) is 7.17. The summed E-state index contributed by atoms with van der Waals surface area (Å²) >= 11 is 0. The lowest BCUT2D eigenvalue weighted by atomic mass is 10.0. The van der Waals surface area contributed by atoms with Crippen LogP contribution in [0.3, 0.4) is 0 Å². The molecule has 6 nitrogen and oxygen atoms in total. The molecule has 0 saturated carbocycles. The number of methoxy groups -OCH3 is 2. The van der Waals surface area contributed by atoms with Gasteiger partial charge < -0.3 is 19.7 Å². The molecule has 6 heteroatoms. The first-order valence-corrected chi connectivity index (χ1v) is 12.2. The van der Waals surface area contributed by atoms with Crippen LogP contribution in [0.15, 0.2) is 42.5 Å². The van der Waals surface area contributed by atoms with Crippen molar-refractivity contribution in [3.63, 3.8) is 0 Å². The van der Waals surface area contributed by atoms with Gasteiger partial charge in [-0.3, -0.25) is 4.79 Å². The highest BCUT2D eigenvalue weighted by Gasteiger charge is 2.19. The van der Waals surface area contributed by atoms with Crippen LogP contribution < -0.4 is 14.8 Å². The van der Waals surface area contributed by atoms with Gasteiger partial charge in [0.25, 0.3) is 5.91 Å². The number of amides is 1. The van der Waals surface area contributed by atoms with Gasteiger partial charge in [0.05, 0.1) is 31.0 Å². The molecule has 2 heterocycles. The van der Waals surface area contributed by atoms with E-state index in [1.165, 1.54) is 19.3 Å². The first kappa shape index (κ1) is 24.0. The van der Waals surface area contributed by atoms with Crippen LogP contribution in [0, 0.1) is 6.92 Å². The predicted molar refractivity (Wildman–Crippen MR) is 137 cm³/mol. The predicted octanol–water partition coefficient (Wildman–Crippen LogP) is 5.22. The molecule has 180 valence electrons. The molecule has 1 atom stereocenters. The summed E-state index contributed by atoms with van der Waals surface area (Å²) in [4.78, 5) is 20.7. The highest BCUT2D eigenvalue weighted by molar-refractivity contribution is 6.07. The number of pyridine rings is 1. The molecular weight excluding hydrogens is 426 g/mol. The Morgan fingerprint density at radius 1 is 1.12 bits per heavy atom. The molecule has 1 aliphatic heterocycles. The SMILES string of the molecule is COc1ccc(-c2cc(C(=O)NCCCN3CCCCC3C)c3cc(C)ccc3n2)c(OC)c1. The zero-order chi connectivity index (χ0) is 24.1. The van der Waals surface area contributed by atoms with Gasteiger partial charge in [-0.25, -0.2) is 4.98 Å². The third kappa shape index (κ3) is 5.33. The van der Waals surface area contributed by atoms with Crippen molar-refractivity contribution in [2.75, 3.05) is 33.9 Å². The third-order valence-electron chi connectivity index (χ3n) is 6.74. The van der Waals surface area contributed by atoms with Gasteiger partial charge in [-0.1, -0.05) is 18.1 Å². The van der Waals surface area contributed by atoms with Gasteiger partial charge in [0, 0.05) is 36.1 Å². The fourth-order valence-electron chi connectivity index (χ4n) is 4.74. The standard InChI is InChI=1S/C28H35N3O3/c1-19-9-12-25-23(16-19)24(28(32)29-13-7-15-31-14-6-5-8-20(31)2)18-26(30-25)22-11-10-21(33-3)17-27(22)34-4/h9-12,16-18,20H,5-8,13-15H2,1-4H3,(H,29,32). The van der Waals surface area contributed by atoms with Crippen LogP contribution in [0.2, 0.25) is 0 Å². The summed E-state index contributed by atoms with van der Waals surface area (Å²) in [5.74, 6) is 1.29. The molecule has 1 amide bonds. The van der Waals surface area contributed by atoms with Crippen LogP contribution in [0.4, 0.5) is 0 Å². The summed E-state index contributed by atoms with van der Waals surface area (Å²) in [6, 6.07) is 14.2. The average molecular weight is 462 g/mol. The normalized spacial score (nSPS) is 16.4. The molecule has 2 aromatic carbocycles. The summed E-state index contributed by atoms with van der Waals surface area (Å²) in [7, 11) is 3.25. The lowest BCUT2D eigenvalue weighted by Crippen LogP contribution is -2.39. The number of hydrogen-bond acceptors (Lipinski definition) is 5. The molecule has 1 aliphatic rings. The number of aryl methyl sites for hydroxylation is 1. The largest absolute Gasteiger partial charge is 0.497 e. The van der Waals surface area contributed by atoms with Crippen molar-refractivity contribution >= 4 is 16.8 Å². The zero-order valence-corrected chi connectivity index (χ0v) is 20.7. The first-order valence-electron chi connectivity index (χ1n) is 12.2. The van der Waals surface area contributed by atoms with Crippen molar-refractivity contribution in [2.45, 2.75) is 45.6 Å². The fourth-order valence-corrected chi connectivity index (χ4v) is 4.74. The smallest absolute Gasteiger partial charge is 0.252 e. The Kier molecular flexibility index (Phi) is 7.68. The van der Waals surface area contributed by atoms with E-state index in [4.69, 9.17) is 14.5 Å². The Balaban J connectivity index is 1.58. The quantitative estimate of drug-likeness (QED) is 0.466. The van der Waals surface area contributed by atoms with E-state index in [2.05, 4.69) is 17.1 Å². The summed E-state index contributed by atoms with van der Waals surface area (Å²) in [5.41, 5.74) is 4.03. The lowest BCUT2D eigenvalue weighted by molar-refractivity contribution is 0.0950. The Labute approximate surface area is 202 Å². The third-order valence-corrected chi connectivity index (χ3v) is 6.74. The number of benzene rings is 2. The summed E-state index contributed by atoms with van der Waals surface area (Å²) in [5, 5.41) is 4.01. The molecule has 3 aromatic rings. The number of likely N-dealkylation sites (tertiary alicyclic amines) is 1. The molecule has 1 fully saturated rings. The topological polar surface area (TPSA) is 63.7 Å². The number of carbonyl (C=O) groups excluding carboxylic acids is 1. The molecular formula is C28H35N3O3. The van der Waals surface area contributed by atoms with E-state index in [0.29, 0.717) is 35.3 Å².